The van der Waals surface area contributed by atoms with E-state index >= 15 is 0 Å². The molecule has 5 N–H and O–H groups in total. The summed E-state index contributed by atoms with van der Waals surface area (Å²) in [6.07, 6.45) is 13.9. The van der Waals surface area contributed by atoms with E-state index in [0.29, 0.717) is 0 Å². The van der Waals surface area contributed by atoms with Gasteiger partial charge in [-0.2, -0.15) is 0 Å². The van der Waals surface area contributed by atoms with E-state index in [2.05, 4.69) is 25.8 Å². The second kappa shape index (κ2) is 21.7. The van der Waals surface area contributed by atoms with E-state index in [0.717, 1.165) is 66.3 Å². The molecule has 0 spiro atoms. The Labute approximate surface area is 223 Å². The highest BCUT2D eigenvalue weighted by Crippen LogP contribution is 2.01. The Morgan fingerprint density at radius 2 is 1.69 bits per heavy atom. The first-order chi connectivity index (χ1) is 19.7. The van der Waals surface area contributed by atoms with E-state index in [1.807, 2.05) is 71.9 Å². The number of hydrogen-bond donors (Lipinski definition) is 5. The van der Waals surface area contributed by atoms with Crippen molar-refractivity contribution in [1.29, 1.82) is 10.8 Å². The van der Waals surface area contributed by atoms with Crippen LogP contribution in [0.25, 0.3) is 0 Å². The van der Waals surface area contributed by atoms with Gasteiger partial charge in [-0.1, -0.05) is 65.0 Å². The third-order valence-electron chi connectivity index (χ3n) is 4.54. The molecule has 0 aliphatic carbocycles. The minimum absolute atomic E-state index is 0.810. The summed E-state index contributed by atoms with van der Waals surface area (Å²) in [6, 6.07) is 9.81. The van der Waals surface area contributed by atoms with Crippen LogP contribution in [0.1, 0.15) is 77.2 Å². The molecule has 3 aromatic heterocycles. The lowest BCUT2D eigenvalue weighted by Crippen LogP contribution is -1.94. The van der Waals surface area contributed by atoms with Crippen molar-refractivity contribution in [2.24, 2.45) is 0 Å². The first-order valence-electron chi connectivity index (χ1n) is 14.5. The zero-order chi connectivity index (χ0) is 31.0. The van der Waals surface area contributed by atoms with Crippen LogP contribution in [0.3, 0.4) is 0 Å². The maximum atomic E-state index is 7.10. The summed E-state index contributed by atoms with van der Waals surface area (Å²) in [7, 11) is 0. The SMILES string of the molecule is [2H]N=C(C)CC.[2H]N=C(CC)c1ccccc1.[2H]n1ccnc1CC.[2H]n1cnc(CC)c1.[2H]n1cncc1CC. The number of aryl methyl sites for hydroxylation is 3. The van der Waals surface area contributed by atoms with Crippen molar-refractivity contribution in [2.75, 3.05) is 0 Å². The van der Waals surface area contributed by atoms with Crippen LogP contribution in [0.4, 0.5) is 0 Å². The van der Waals surface area contributed by atoms with E-state index in [1.54, 1.807) is 24.8 Å². The molecule has 8 nitrogen and oxygen atoms in total. The van der Waals surface area contributed by atoms with Crippen LogP contribution in [0, 0.1) is 10.8 Å². The van der Waals surface area contributed by atoms with Gasteiger partial charge in [-0.25, -0.2) is 15.0 Å². The summed E-state index contributed by atoms with van der Waals surface area (Å²) in [4.78, 5) is 15.4. The van der Waals surface area contributed by atoms with Crippen molar-refractivity contribution in [3.63, 3.8) is 0 Å². The lowest BCUT2D eigenvalue weighted by Gasteiger charge is -1.97. The average Bonchev–Trinajstić information content (AvgIpc) is 3.75. The van der Waals surface area contributed by atoms with Gasteiger partial charge in [-0.05, 0) is 38.2 Å². The molecular formula is C28H44N8. The largest absolute Gasteiger partial charge is 0.351 e. The lowest BCUT2D eigenvalue weighted by molar-refractivity contribution is 0.990. The van der Waals surface area contributed by atoms with Crippen LogP contribution in [-0.4, -0.2) is 41.3 Å². The van der Waals surface area contributed by atoms with Crippen LogP contribution in [0.5, 0.6) is 0 Å². The predicted molar refractivity (Wildman–Crippen MR) is 151 cm³/mol. The van der Waals surface area contributed by atoms with Gasteiger partial charge < -0.3 is 25.7 Å². The number of nitrogens with zero attached hydrogens (tertiary/aromatic N) is 3. The number of hydrogen-bond acceptors (Lipinski definition) is 5. The van der Waals surface area contributed by atoms with Crippen molar-refractivity contribution in [3.8, 4) is 0 Å². The second-order valence-corrected chi connectivity index (χ2v) is 7.32. The maximum absolute atomic E-state index is 7.10. The standard InChI is InChI=1S/C9H11N.3C5H8N2.C4H9N/c1-2-9(10)8-6-4-3-5-7-8;2*1-2-5-3-6-4-7-5;1-2-5-6-3-4-7-5;1-3-4(2)5/h3-7,10H,2H2,1H3;3*3-4H,2H2,1H3,(H,6,7);5H,3H2,1-2H3/i/hD5. The predicted octanol–water partition coefficient (Wildman–Crippen LogP) is 6.82. The molecule has 196 valence electrons. The van der Waals surface area contributed by atoms with Crippen molar-refractivity contribution in [3.05, 3.63) is 90.5 Å². The monoisotopic (exact) mass is 497 g/mol. The van der Waals surface area contributed by atoms with Gasteiger partial charge in [0.05, 0.1) is 18.3 Å². The molecule has 36 heavy (non-hydrogen) atoms. The Bertz CT molecular complexity index is 1210. The number of H-pyrrole nitrogens is 3. The Morgan fingerprint density at radius 1 is 0.917 bits per heavy atom. The summed E-state index contributed by atoms with van der Waals surface area (Å²) in [6.45, 7) is 11.8. The van der Waals surface area contributed by atoms with E-state index in [4.69, 9.17) is 7.06 Å². The number of aromatic amines is 3. The molecule has 0 unspecified atom stereocenters. The van der Waals surface area contributed by atoms with Crippen LogP contribution in [0.2, 0.25) is 7.06 Å². The second-order valence-electron chi connectivity index (χ2n) is 7.32. The van der Waals surface area contributed by atoms with Gasteiger partial charge in [0.2, 0.25) is 0 Å². The van der Waals surface area contributed by atoms with Crippen LogP contribution < -0.4 is 0 Å². The fraction of sp³-hybridized carbons (Fsp3) is 0.393. The molecule has 0 atom stereocenters. The third-order valence-corrected chi connectivity index (χ3v) is 4.54. The molecule has 0 amide bonds. The fourth-order valence-corrected chi connectivity index (χ4v) is 2.17. The van der Waals surface area contributed by atoms with Gasteiger partial charge in [0.15, 0.2) is 7.06 Å². The molecule has 0 saturated carbocycles. The van der Waals surface area contributed by atoms with Gasteiger partial charge in [0, 0.05) is 48.3 Å². The van der Waals surface area contributed by atoms with Gasteiger partial charge >= 0.3 is 0 Å². The molecule has 1 aromatic carbocycles. The highest BCUT2D eigenvalue weighted by atomic mass is 14.9. The molecule has 0 saturated heterocycles. The van der Waals surface area contributed by atoms with Crippen molar-refractivity contribution in [2.45, 2.75) is 73.6 Å². The highest BCUT2D eigenvalue weighted by molar-refractivity contribution is 5.97. The average molecular weight is 498 g/mol. The minimum atomic E-state index is 0.810. The van der Waals surface area contributed by atoms with E-state index < -0.39 is 0 Å². The van der Waals surface area contributed by atoms with E-state index in [1.165, 1.54) is 27.6 Å². The third kappa shape index (κ3) is 16.7. The lowest BCUT2D eigenvalue weighted by atomic mass is 10.1. The smallest absolute Gasteiger partial charge is 0.187 e. The molecule has 0 fully saturated rings. The maximum Gasteiger partial charge on any atom is 0.187 e. The summed E-state index contributed by atoms with van der Waals surface area (Å²) in [5.74, 6) is 0.810. The molecule has 0 aliphatic rings. The molecular weight excluding hydrogens is 448 g/mol. The molecule has 0 radical (unpaired) electrons. The van der Waals surface area contributed by atoms with Crippen molar-refractivity contribution < 1.29 is 7.06 Å². The highest BCUT2D eigenvalue weighted by Gasteiger charge is 1.94. The Kier molecular flexibility index (Phi) is 14.4. The summed E-state index contributed by atoms with van der Waals surface area (Å²) >= 11 is 0. The zero-order valence-electron chi connectivity index (χ0n) is 27.5. The number of benzene rings is 1. The summed E-state index contributed by atoms with van der Waals surface area (Å²) < 4.78 is 34.5. The Hall–Kier alpha value is -3.81. The van der Waals surface area contributed by atoms with Gasteiger partial charge in [0.1, 0.15) is 5.82 Å². The zero-order valence-corrected chi connectivity index (χ0v) is 22.5. The van der Waals surface area contributed by atoms with Crippen LogP contribution in [-0.2, 0) is 19.3 Å². The number of imidazole rings is 3. The molecule has 4 aromatic rings. The first-order valence-corrected chi connectivity index (χ1v) is 12.3. The normalized spacial score (nSPS) is 12.2. The van der Waals surface area contributed by atoms with Gasteiger partial charge in [-0.15, -0.1) is 0 Å². The van der Waals surface area contributed by atoms with Crippen molar-refractivity contribution >= 4 is 11.4 Å². The number of nitrogens with one attached hydrogen (secondary N) is 5. The van der Waals surface area contributed by atoms with E-state index in [-0.39, 0.29) is 0 Å². The quantitative estimate of drug-likeness (QED) is 0.187. The fourth-order valence-electron chi connectivity index (χ4n) is 2.17. The molecule has 4 rings (SSSR count). The number of aromatic nitrogens is 6. The molecule has 3 heterocycles. The first kappa shape index (κ1) is 23.9. The topological polar surface area (TPSA) is 134 Å². The summed E-state index contributed by atoms with van der Waals surface area (Å²) in [5, 5.41) is 6.62. The van der Waals surface area contributed by atoms with Crippen LogP contribution >= 0.6 is 0 Å². The van der Waals surface area contributed by atoms with E-state index in [9.17, 15) is 0 Å². The Morgan fingerprint density at radius 3 is 2.00 bits per heavy atom. The van der Waals surface area contributed by atoms with Crippen LogP contribution in [0.15, 0.2) is 67.8 Å². The Balaban J connectivity index is 0.000000495. The minimum Gasteiger partial charge on any atom is -0.351 e. The van der Waals surface area contributed by atoms with Gasteiger partial charge in [0.25, 0.3) is 0 Å². The molecule has 8 heteroatoms. The van der Waals surface area contributed by atoms with Crippen molar-refractivity contribution in [1.82, 2.24) is 29.9 Å². The van der Waals surface area contributed by atoms with Gasteiger partial charge in [-0.3, -0.25) is 0 Å². The molecule has 0 bridgehead atoms. The molecule has 0 aliphatic heterocycles. The number of rotatable bonds is 6. The summed E-state index contributed by atoms with van der Waals surface area (Å²) in [5.41, 5.74) is 4.69.